The van der Waals surface area contributed by atoms with Gasteiger partial charge in [0.1, 0.15) is 0 Å². The van der Waals surface area contributed by atoms with Crippen LogP contribution >= 0.6 is 0 Å². The third-order valence-corrected chi connectivity index (χ3v) is 1.69. The van der Waals surface area contributed by atoms with E-state index in [0.29, 0.717) is 5.69 Å². The lowest BCUT2D eigenvalue weighted by atomic mass is 10.2. The Balaban J connectivity index is 0.000000557. The number of pyridine rings is 1. The molecule has 0 amide bonds. The molecule has 0 saturated carbocycles. The summed E-state index contributed by atoms with van der Waals surface area (Å²) in [7, 11) is 0. The maximum Gasteiger partial charge on any atom is 0.248 e. The minimum atomic E-state index is -1.08. The highest BCUT2D eigenvalue weighted by molar-refractivity contribution is 5.90. The molecule has 0 aromatic carbocycles. The number of carbonyl (C=O) groups excluding carboxylic acids is 3. The number of hydrogen-bond acceptors (Lipinski definition) is 4. The molecule has 0 atom stereocenters. The lowest BCUT2D eigenvalue weighted by Crippen LogP contribution is -2.42. The molecule has 0 aliphatic rings. The van der Waals surface area contributed by atoms with E-state index in [9.17, 15) is 9.59 Å². The molecule has 1 aromatic rings. The molecular formula is C12H15NO4. The summed E-state index contributed by atoms with van der Waals surface area (Å²) < 4.78 is 1.66. The molecule has 0 unspecified atom stereocenters. The van der Waals surface area contributed by atoms with Crippen LogP contribution in [0.3, 0.4) is 0 Å². The first-order chi connectivity index (χ1) is 7.84. The van der Waals surface area contributed by atoms with E-state index < -0.39 is 5.97 Å². The van der Waals surface area contributed by atoms with Gasteiger partial charge in [0.25, 0.3) is 0 Å². The summed E-state index contributed by atoms with van der Waals surface area (Å²) in [5.41, 5.74) is 0.567. The van der Waals surface area contributed by atoms with Crippen molar-refractivity contribution in [1.29, 1.82) is 0 Å². The Bertz CT molecular complexity index is 422. The predicted molar refractivity (Wildman–Crippen MR) is 58.0 cm³/mol. The first-order valence-electron chi connectivity index (χ1n) is 5.01. The van der Waals surface area contributed by atoms with Gasteiger partial charge in [-0.1, -0.05) is 0 Å². The van der Waals surface area contributed by atoms with Crippen molar-refractivity contribution < 1.29 is 24.1 Å². The van der Waals surface area contributed by atoms with Crippen LogP contribution in [0.4, 0.5) is 0 Å². The third kappa shape index (κ3) is 6.94. The Labute approximate surface area is 99.7 Å². The maximum atomic E-state index is 11.1. The van der Waals surface area contributed by atoms with Gasteiger partial charge >= 0.3 is 0 Å². The van der Waals surface area contributed by atoms with Crippen molar-refractivity contribution in [1.82, 2.24) is 0 Å². The van der Waals surface area contributed by atoms with E-state index in [4.69, 9.17) is 9.90 Å². The Morgan fingerprint density at radius 2 is 1.71 bits per heavy atom. The zero-order chi connectivity index (χ0) is 13.4. The highest BCUT2D eigenvalue weighted by Gasteiger charge is 2.14. The zero-order valence-corrected chi connectivity index (χ0v) is 10.1. The van der Waals surface area contributed by atoms with Gasteiger partial charge in [-0.2, -0.15) is 4.57 Å². The molecule has 5 nitrogen and oxygen atoms in total. The van der Waals surface area contributed by atoms with Crippen LogP contribution in [0.25, 0.3) is 0 Å². The van der Waals surface area contributed by atoms with Crippen molar-refractivity contribution in [2.75, 3.05) is 0 Å². The minimum absolute atomic E-state index is 0.0261. The number of hydrogen-bond donors (Lipinski definition) is 0. The van der Waals surface area contributed by atoms with Gasteiger partial charge in [-0.05, 0) is 13.0 Å². The molecule has 0 N–H and O–H groups in total. The van der Waals surface area contributed by atoms with Crippen LogP contribution < -0.4 is 9.67 Å². The smallest absolute Gasteiger partial charge is 0.248 e. The number of carbonyl (C=O) groups is 3. The van der Waals surface area contributed by atoms with Gasteiger partial charge in [-0.25, -0.2) is 0 Å². The standard InChI is InChI=1S/C10H12NO2.C2H4O2/c1-8(12)7-11-6-4-3-5-10(11)9(2)13;1-2(3)4/h3-6H,7H2,1-2H3;1H3,(H,3,4)/q+1;/p-1. The third-order valence-electron chi connectivity index (χ3n) is 1.69. The monoisotopic (exact) mass is 237 g/mol. The van der Waals surface area contributed by atoms with Crippen molar-refractivity contribution in [2.45, 2.75) is 27.3 Å². The number of ketones is 2. The summed E-state index contributed by atoms with van der Waals surface area (Å²) in [5, 5.41) is 8.89. The molecule has 0 aliphatic heterocycles. The SMILES string of the molecule is CC(=O)C[n+]1ccccc1C(C)=O.CC(=O)[O-]. The van der Waals surface area contributed by atoms with Crippen molar-refractivity contribution in [3.05, 3.63) is 30.1 Å². The largest absolute Gasteiger partial charge is 0.550 e. The Kier molecular flexibility index (Phi) is 6.40. The second kappa shape index (κ2) is 7.27. The fraction of sp³-hybridized carbons (Fsp3) is 0.333. The maximum absolute atomic E-state index is 11.1. The number of carboxylic acid groups (broad SMARTS) is 1. The summed E-state index contributed by atoms with van der Waals surface area (Å²) >= 11 is 0. The summed E-state index contributed by atoms with van der Waals surface area (Å²) in [6.45, 7) is 4.23. The van der Waals surface area contributed by atoms with Crippen LogP contribution in [0, 0.1) is 0 Å². The molecule has 1 rings (SSSR count). The van der Waals surface area contributed by atoms with Crippen LogP contribution in [-0.2, 0) is 16.1 Å². The Morgan fingerprint density at radius 1 is 1.18 bits per heavy atom. The molecule has 0 radical (unpaired) electrons. The van der Waals surface area contributed by atoms with Crippen LogP contribution in [0.2, 0.25) is 0 Å². The molecule has 0 spiro atoms. The van der Waals surface area contributed by atoms with E-state index in [1.807, 2.05) is 0 Å². The normalized spacial score (nSPS) is 8.88. The van der Waals surface area contributed by atoms with Gasteiger partial charge in [0.15, 0.2) is 12.0 Å². The topological polar surface area (TPSA) is 78.1 Å². The van der Waals surface area contributed by atoms with E-state index in [0.717, 1.165) is 6.92 Å². The van der Waals surface area contributed by atoms with Crippen molar-refractivity contribution in [2.24, 2.45) is 0 Å². The number of rotatable bonds is 3. The summed E-state index contributed by atoms with van der Waals surface area (Å²) in [5.74, 6) is -1.07. The number of Topliss-reactive ketones (excluding diaryl/α,β-unsaturated/α-hetero) is 2. The molecule has 5 heteroatoms. The van der Waals surface area contributed by atoms with E-state index in [2.05, 4.69) is 0 Å². The molecule has 0 saturated heterocycles. The molecule has 1 aromatic heterocycles. The number of aromatic nitrogens is 1. The first kappa shape index (κ1) is 15.0. The van der Waals surface area contributed by atoms with E-state index in [1.54, 1.807) is 29.0 Å². The predicted octanol–water partition coefficient (Wildman–Crippen LogP) is -0.478. The Morgan fingerprint density at radius 3 is 2.12 bits per heavy atom. The van der Waals surface area contributed by atoms with Gasteiger partial charge in [0.2, 0.25) is 18.0 Å². The quantitative estimate of drug-likeness (QED) is 0.525. The van der Waals surface area contributed by atoms with Crippen molar-refractivity contribution >= 4 is 17.5 Å². The molecule has 17 heavy (non-hydrogen) atoms. The van der Waals surface area contributed by atoms with Crippen molar-refractivity contribution in [3.8, 4) is 0 Å². The lowest BCUT2D eigenvalue weighted by Gasteiger charge is -1.97. The molecule has 1 heterocycles. The highest BCUT2D eigenvalue weighted by Crippen LogP contribution is 1.92. The summed E-state index contributed by atoms with van der Waals surface area (Å²) in [6.07, 6.45) is 1.73. The number of carboxylic acids is 1. The Hall–Kier alpha value is -2.04. The van der Waals surface area contributed by atoms with E-state index in [1.165, 1.54) is 13.8 Å². The van der Waals surface area contributed by atoms with Crippen LogP contribution in [0.1, 0.15) is 31.3 Å². The van der Waals surface area contributed by atoms with Gasteiger partial charge in [-0.3, -0.25) is 9.59 Å². The zero-order valence-electron chi connectivity index (χ0n) is 10.1. The molecular weight excluding hydrogens is 222 g/mol. The van der Waals surface area contributed by atoms with Crippen LogP contribution in [0.15, 0.2) is 24.4 Å². The number of aliphatic carboxylic acids is 1. The van der Waals surface area contributed by atoms with Gasteiger partial charge < -0.3 is 9.90 Å². The fourth-order valence-corrected chi connectivity index (χ4v) is 1.17. The second-order valence-electron chi connectivity index (χ2n) is 3.46. The van der Waals surface area contributed by atoms with Crippen LogP contribution in [0.5, 0.6) is 0 Å². The molecule has 0 bridgehead atoms. The summed E-state index contributed by atoms with van der Waals surface area (Å²) in [4.78, 5) is 30.9. The van der Waals surface area contributed by atoms with E-state index in [-0.39, 0.29) is 18.1 Å². The molecule has 0 fully saturated rings. The lowest BCUT2D eigenvalue weighted by molar-refractivity contribution is -0.686. The van der Waals surface area contributed by atoms with Gasteiger partial charge in [-0.15, -0.1) is 0 Å². The average Bonchev–Trinajstić information content (AvgIpc) is 2.16. The van der Waals surface area contributed by atoms with Crippen molar-refractivity contribution in [3.63, 3.8) is 0 Å². The fourth-order valence-electron chi connectivity index (χ4n) is 1.17. The molecule has 0 aliphatic carbocycles. The van der Waals surface area contributed by atoms with Crippen LogP contribution in [-0.4, -0.2) is 17.5 Å². The highest BCUT2D eigenvalue weighted by atomic mass is 16.4. The molecule has 92 valence electrons. The average molecular weight is 237 g/mol. The first-order valence-corrected chi connectivity index (χ1v) is 5.01. The summed E-state index contributed by atoms with van der Waals surface area (Å²) in [6, 6.07) is 5.30. The van der Waals surface area contributed by atoms with E-state index >= 15 is 0 Å². The minimum Gasteiger partial charge on any atom is -0.550 e. The second-order valence-corrected chi connectivity index (χ2v) is 3.46. The van der Waals surface area contributed by atoms with Gasteiger partial charge in [0, 0.05) is 31.9 Å². The number of nitrogens with zero attached hydrogens (tertiary/aromatic N) is 1. The van der Waals surface area contributed by atoms with Gasteiger partial charge in [0.05, 0.1) is 0 Å².